The molecule has 9 aromatic rings. The number of hydrogen-bond acceptors (Lipinski definition) is 4. The Balaban J connectivity index is 1.14. The number of nitrogens with zero attached hydrogens (tertiary/aromatic N) is 5. The number of aromatic nitrogens is 1. The number of para-hydroxylation sites is 2. The first-order chi connectivity index (χ1) is 33.5. The summed E-state index contributed by atoms with van der Waals surface area (Å²) < 4.78 is 11.1. The Morgan fingerprint density at radius 2 is 1.28 bits per heavy atom. The minimum atomic E-state index is -1.79. The van der Waals surface area contributed by atoms with E-state index in [9.17, 15) is 0 Å². The van der Waals surface area contributed by atoms with Crippen LogP contribution in [-0.2, 0) is 5.41 Å². The van der Waals surface area contributed by atoms with Gasteiger partial charge in [-0.15, -0.1) is 0 Å². The van der Waals surface area contributed by atoms with Gasteiger partial charge >= 0.3 is 312 Å². The standard InChI is InChI=1S/C59H46B2I2N5P/c1-36-18-23-51(46(28-36)57-64-35-63(6)58(65-57)69-7)68-49-24-19-37(29-44(49)45-33-40(60-5)21-26-50(45)68)38-30-54-56-55(31-38)67(43-16-12-9-13-17-43)53-27-22-41(62)34-48(53)61(56)47-32-39(59(2,3)4)20-25-52(47)66(54)42-14-10-8-11-15-42/h8-35H,5-7H2,1-4H3. The van der Waals surface area contributed by atoms with Crippen molar-refractivity contribution in [1.82, 2.24) is 4.57 Å². The molecule has 0 spiro atoms. The van der Waals surface area contributed by atoms with E-state index in [2.05, 4.69) is 246 Å². The Bertz CT molecular complexity index is 3810. The number of anilines is 6. The van der Waals surface area contributed by atoms with Crippen molar-refractivity contribution in [3.05, 3.63) is 184 Å². The zero-order valence-corrected chi connectivity index (χ0v) is 44.1. The van der Waals surface area contributed by atoms with Crippen LogP contribution in [-0.4, -0.2) is 48.9 Å². The summed E-state index contributed by atoms with van der Waals surface area (Å²) in [6.07, 6.45) is 4.17. The maximum atomic E-state index is 5.10. The van der Waals surface area contributed by atoms with Gasteiger partial charge in [-0.2, -0.15) is 0 Å². The van der Waals surface area contributed by atoms with Gasteiger partial charge in [0.05, 0.1) is 0 Å². The fourth-order valence-electron chi connectivity index (χ4n) is 10.5. The summed E-state index contributed by atoms with van der Waals surface area (Å²) in [6, 6.07) is 61.2. The van der Waals surface area contributed by atoms with E-state index < -0.39 is 18.9 Å². The molecule has 5 nitrogen and oxygen atoms in total. The first kappa shape index (κ1) is 44.1. The van der Waals surface area contributed by atoms with E-state index in [-0.39, 0.29) is 12.1 Å². The molecule has 0 radical (unpaired) electrons. The molecule has 332 valence electrons. The minimum absolute atomic E-state index is 0.00879. The molecule has 1 aromatic heterocycles. The summed E-state index contributed by atoms with van der Waals surface area (Å²) in [4.78, 5) is 15.1. The van der Waals surface area contributed by atoms with Crippen molar-refractivity contribution in [3.63, 3.8) is 0 Å². The number of aryl methyl sites for hydroxylation is 1. The molecule has 3 aliphatic heterocycles. The third-order valence-corrected chi connectivity index (χ3v) is 19.7. The molecule has 0 atom stereocenters. The summed E-state index contributed by atoms with van der Waals surface area (Å²) in [7, 11) is 0.910. The second kappa shape index (κ2) is 17.1. The van der Waals surface area contributed by atoms with Crippen LogP contribution in [0.5, 0.6) is 0 Å². The van der Waals surface area contributed by atoms with Gasteiger partial charge in [0, 0.05) is 3.57 Å². The van der Waals surface area contributed by atoms with E-state index in [1.807, 2.05) is 11.1 Å². The van der Waals surface area contributed by atoms with Gasteiger partial charge < -0.3 is 0 Å². The molecule has 0 N–H and O–H groups in total. The molecule has 10 heteroatoms. The molecule has 3 aliphatic rings. The molecular formula is C59H46B2I2N5P. The second-order valence-electron chi connectivity index (χ2n) is 19.0. The van der Waals surface area contributed by atoms with Crippen LogP contribution in [0.4, 0.5) is 34.1 Å². The maximum absolute atomic E-state index is 5.10. The molecule has 12 rings (SSSR count). The Kier molecular flexibility index (Phi) is 10.9. The summed E-state index contributed by atoms with van der Waals surface area (Å²) in [6.45, 7) is 15.2. The number of halogens is 2. The first-order valence-electron chi connectivity index (χ1n) is 23.1. The second-order valence-corrected chi connectivity index (χ2v) is 25.7. The number of rotatable bonds is 7. The van der Waals surface area contributed by atoms with E-state index in [4.69, 9.17) is 9.98 Å². The Morgan fingerprint density at radius 3 is 1.93 bits per heavy atom. The number of benzene rings is 8. The monoisotopic (exact) mass is 1130 g/mol. The van der Waals surface area contributed by atoms with Crippen LogP contribution in [0.25, 0.3) is 38.6 Å². The van der Waals surface area contributed by atoms with Crippen molar-refractivity contribution >= 4 is 172 Å². The Morgan fingerprint density at radius 1 is 0.652 bits per heavy atom. The number of amidine groups is 1. The van der Waals surface area contributed by atoms with Crippen molar-refractivity contribution in [2.45, 2.75) is 33.1 Å². The van der Waals surface area contributed by atoms with Crippen molar-refractivity contribution in [3.8, 4) is 16.8 Å². The predicted molar refractivity (Wildman–Crippen MR) is 324 cm³/mol. The zero-order valence-electron chi connectivity index (χ0n) is 38.9. The quantitative estimate of drug-likeness (QED) is 0.0906. The summed E-state index contributed by atoms with van der Waals surface area (Å²) in [5.74, 6) is 0.714. The Labute approximate surface area is 426 Å². The molecule has 0 unspecified atom stereocenters. The molecule has 0 bridgehead atoms. The summed E-state index contributed by atoms with van der Waals surface area (Å²) in [5, 5.41) is 2.31. The average Bonchev–Trinajstić information content (AvgIpc) is 3.69. The summed E-state index contributed by atoms with van der Waals surface area (Å²) >= 11 is 0.704. The van der Waals surface area contributed by atoms with E-state index in [0.29, 0.717) is 5.84 Å². The molecule has 0 aliphatic carbocycles. The van der Waals surface area contributed by atoms with Crippen molar-refractivity contribution in [2.75, 3.05) is 9.80 Å². The van der Waals surface area contributed by atoms with Crippen LogP contribution in [0, 0.1) is 10.5 Å². The molecule has 0 amide bonds. The number of hydrogen-bond donors (Lipinski definition) is 0. The normalized spacial score (nSPS) is 14.2. The zero-order chi connectivity index (χ0) is 47.3. The van der Waals surface area contributed by atoms with Crippen LogP contribution >= 0.6 is 49.7 Å². The molecule has 69 heavy (non-hydrogen) atoms. The predicted octanol–water partition coefficient (Wildman–Crippen LogP) is 12.7. The fourth-order valence-corrected chi connectivity index (χ4v) is 14.3. The molecule has 8 aromatic carbocycles. The van der Waals surface area contributed by atoms with E-state index >= 15 is 0 Å². The molecular weight excluding hydrogens is 1090 g/mol. The van der Waals surface area contributed by atoms with E-state index in [0.717, 1.165) is 78.2 Å². The SMILES string of the molecule is C=Bc1ccc2c(c1)c1cc(-c3cc4c5c(c3)N(c3ccccc3)c3ccc(C(C)(C)C)cc3B5c3cc(I)ccc3N4c3ccccc3)ccc1n2-c1ccc(C)cc1C1=NC(P=C)=I(=C)C=N1. The van der Waals surface area contributed by atoms with Gasteiger partial charge in [0.2, 0.25) is 0 Å². The molecule has 4 heterocycles. The van der Waals surface area contributed by atoms with Crippen LogP contribution in [0.15, 0.2) is 174 Å². The molecule has 0 fully saturated rings. The van der Waals surface area contributed by atoms with Crippen molar-refractivity contribution in [1.29, 1.82) is 0 Å². The van der Waals surface area contributed by atoms with Gasteiger partial charge in [0.15, 0.2) is 0 Å². The van der Waals surface area contributed by atoms with Crippen LogP contribution in [0.3, 0.4) is 0 Å². The number of fused-ring (bicyclic) bond motifs is 7. The molecule has 0 saturated heterocycles. The Hall–Kier alpha value is -6.13. The number of aliphatic imine (C=N–C) groups is 2. The van der Waals surface area contributed by atoms with Gasteiger partial charge in [-0.05, 0) is 39.6 Å². The van der Waals surface area contributed by atoms with Gasteiger partial charge in [-0.1, -0.05) is 75.4 Å². The van der Waals surface area contributed by atoms with Gasteiger partial charge in [-0.3, -0.25) is 0 Å². The van der Waals surface area contributed by atoms with Crippen LogP contribution < -0.4 is 31.7 Å². The summed E-state index contributed by atoms with van der Waals surface area (Å²) in [5.41, 5.74) is 21.0. The van der Waals surface area contributed by atoms with Gasteiger partial charge in [0.25, 0.3) is 0 Å². The third kappa shape index (κ3) is 7.34. The van der Waals surface area contributed by atoms with Gasteiger partial charge in [-0.25, -0.2) is 0 Å². The van der Waals surface area contributed by atoms with Crippen LogP contribution in [0.1, 0.15) is 37.5 Å². The van der Waals surface area contributed by atoms with Crippen molar-refractivity contribution < 1.29 is 0 Å². The molecule has 0 saturated carbocycles. The third-order valence-electron chi connectivity index (χ3n) is 13.7. The topological polar surface area (TPSA) is 36.1 Å². The van der Waals surface area contributed by atoms with E-state index in [1.165, 1.54) is 48.3 Å². The van der Waals surface area contributed by atoms with Crippen LogP contribution in [0.2, 0.25) is 0 Å². The van der Waals surface area contributed by atoms with Gasteiger partial charge in [0.1, 0.15) is 0 Å². The van der Waals surface area contributed by atoms with E-state index in [1.54, 1.807) is 0 Å². The fraction of sp³-hybridized carbons (Fsp3) is 0.0847. The average molecular weight is 1130 g/mol. The van der Waals surface area contributed by atoms with Crippen molar-refractivity contribution in [2.24, 2.45) is 9.98 Å². The first-order valence-corrected chi connectivity index (χ1v) is 29.1.